The minimum atomic E-state index is -0.0542. The summed E-state index contributed by atoms with van der Waals surface area (Å²) in [6.45, 7) is 2.30. The third-order valence-electron chi connectivity index (χ3n) is 14.8. The van der Waals surface area contributed by atoms with Crippen molar-refractivity contribution in [3.05, 3.63) is 229 Å². The Bertz CT molecular complexity index is 4550. The molecular formula is C65H41N3O2. The van der Waals surface area contributed by atoms with Gasteiger partial charge in [0, 0.05) is 54.7 Å². The van der Waals surface area contributed by atoms with Gasteiger partial charge >= 0.3 is 0 Å². The van der Waals surface area contributed by atoms with E-state index in [9.17, 15) is 0 Å². The van der Waals surface area contributed by atoms with Crippen molar-refractivity contribution in [1.82, 2.24) is 4.57 Å². The number of benzene rings is 11. The van der Waals surface area contributed by atoms with Crippen molar-refractivity contribution in [1.29, 1.82) is 0 Å². The first-order chi connectivity index (χ1) is 34.6. The average Bonchev–Trinajstić information content (AvgIpc) is 4.07. The monoisotopic (exact) mass is 895 g/mol. The third-order valence-corrected chi connectivity index (χ3v) is 14.8. The Morgan fingerprint density at radius 1 is 0.400 bits per heavy atom. The maximum atomic E-state index is 7.05. The van der Waals surface area contributed by atoms with Gasteiger partial charge in [-0.1, -0.05) is 165 Å². The average molecular weight is 896 g/mol. The standard InChI is InChI=1S/C65H41N3O2/c1-38-28-31-56(47-24-12-20-39-14-6-8-21-45(39)47)66-65(51-26-13-25-49-48-23-10-11-27-60(48)69-64(49)51)67-62(38)55-37-61-54(50-30-29-40-15-7-9-22-46(40)63(50)70-61)36-59(55)68-57-34-43-18-4-2-16-41(43)32-52(57)53-33-42-17-3-5-19-44(42)35-58(53)68/h2-27,29-38H,28H2,1H3/b56-31+,66-65-,67-62+. The number of allylic oxidation sites excluding steroid dienone is 1. The Morgan fingerprint density at radius 2 is 0.957 bits per heavy atom. The Hall–Kier alpha value is -9.06. The molecule has 0 fully saturated rings. The van der Waals surface area contributed by atoms with E-state index in [0.717, 1.165) is 105 Å². The molecule has 0 saturated carbocycles. The molecule has 0 spiro atoms. The number of nitrogens with zero attached hydrogens (tertiary/aromatic N) is 3. The van der Waals surface area contributed by atoms with Crippen LogP contribution in [-0.4, -0.2) is 16.1 Å². The van der Waals surface area contributed by atoms with Gasteiger partial charge in [0.15, 0.2) is 5.84 Å². The molecule has 0 N–H and O–H groups in total. The molecule has 15 rings (SSSR count). The molecule has 1 unspecified atom stereocenters. The Labute approximate surface area is 401 Å². The molecule has 14 aromatic rings. The van der Waals surface area contributed by atoms with E-state index in [0.29, 0.717) is 12.3 Å². The maximum Gasteiger partial charge on any atom is 0.163 e. The van der Waals surface area contributed by atoms with E-state index in [-0.39, 0.29) is 5.92 Å². The highest BCUT2D eigenvalue weighted by molar-refractivity contribution is 6.24. The molecule has 0 saturated heterocycles. The molecule has 70 heavy (non-hydrogen) atoms. The lowest BCUT2D eigenvalue weighted by Crippen LogP contribution is -2.19. The zero-order valence-electron chi connectivity index (χ0n) is 38.1. The lowest BCUT2D eigenvalue weighted by atomic mass is 9.91. The highest BCUT2D eigenvalue weighted by atomic mass is 16.3. The quantitative estimate of drug-likeness (QED) is 0.177. The predicted molar refractivity (Wildman–Crippen MR) is 293 cm³/mol. The molecule has 0 radical (unpaired) electrons. The van der Waals surface area contributed by atoms with E-state index >= 15 is 0 Å². The first-order valence-corrected chi connectivity index (χ1v) is 24.1. The van der Waals surface area contributed by atoms with Gasteiger partial charge in [-0.2, -0.15) is 0 Å². The number of hydrogen-bond acceptors (Lipinski definition) is 4. The number of rotatable bonds is 4. The third kappa shape index (κ3) is 5.85. The number of para-hydroxylation sites is 2. The molecule has 1 aliphatic heterocycles. The summed E-state index contributed by atoms with van der Waals surface area (Å²) in [5, 5.41) is 15.9. The SMILES string of the molecule is CC1C/C=C(c2cccc3ccccc23)/N=C(c2cccc3c2oc2ccccc23)\N=C/1c1cc2oc3c4ccccc4ccc3c2cc1-n1c2cc3ccccc3cc2c2cc3ccccc3cc21. The van der Waals surface area contributed by atoms with Gasteiger partial charge in [0.2, 0.25) is 0 Å². The number of aromatic nitrogens is 1. The van der Waals surface area contributed by atoms with Crippen molar-refractivity contribution in [3.63, 3.8) is 0 Å². The van der Waals surface area contributed by atoms with Crippen molar-refractivity contribution in [3.8, 4) is 5.69 Å². The molecule has 0 bridgehead atoms. The second-order valence-electron chi connectivity index (χ2n) is 18.9. The van der Waals surface area contributed by atoms with Crippen molar-refractivity contribution < 1.29 is 8.83 Å². The van der Waals surface area contributed by atoms with Crippen molar-refractivity contribution in [2.45, 2.75) is 13.3 Å². The molecule has 1 aliphatic rings. The van der Waals surface area contributed by atoms with Crippen LogP contribution in [0, 0.1) is 5.92 Å². The van der Waals surface area contributed by atoms with Gasteiger partial charge in [0.1, 0.15) is 22.3 Å². The van der Waals surface area contributed by atoms with E-state index in [1.807, 2.05) is 12.1 Å². The Balaban J connectivity index is 1.07. The molecule has 0 aliphatic carbocycles. The normalized spacial score (nSPS) is 16.9. The summed E-state index contributed by atoms with van der Waals surface area (Å²) in [7, 11) is 0. The van der Waals surface area contributed by atoms with Crippen LogP contribution in [0.15, 0.2) is 231 Å². The number of fused-ring (bicyclic) bond motifs is 14. The van der Waals surface area contributed by atoms with Crippen LogP contribution < -0.4 is 0 Å². The largest absolute Gasteiger partial charge is 0.455 e. The summed E-state index contributed by atoms with van der Waals surface area (Å²) in [5.41, 5.74) is 11.2. The molecule has 5 heteroatoms. The topological polar surface area (TPSA) is 55.9 Å². The fourth-order valence-corrected chi connectivity index (χ4v) is 11.4. The molecule has 5 nitrogen and oxygen atoms in total. The second-order valence-corrected chi connectivity index (χ2v) is 18.9. The van der Waals surface area contributed by atoms with Crippen molar-refractivity contribution in [2.75, 3.05) is 0 Å². The summed E-state index contributed by atoms with van der Waals surface area (Å²) >= 11 is 0. The van der Waals surface area contributed by atoms with Gasteiger partial charge < -0.3 is 13.4 Å². The zero-order chi connectivity index (χ0) is 46.0. The molecule has 11 aromatic carbocycles. The molecular weight excluding hydrogens is 855 g/mol. The first kappa shape index (κ1) is 39.0. The lowest BCUT2D eigenvalue weighted by molar-refractivity contribution is 0.668. The fourth-order valence-electron chi connectivity index (χ4n) is 11.4. The summed E-state index contributed by atoms with van der Waals surface area (Å²) in [5.74, 6) is 0.535. The van der Waals surface area contributed by atoms with Crippen LogP contribution >= 0.6 is 0 Å². The molecule has 0 amide bonds. The van der Waals surface area contributed by atoms with Crippen LogP contribution in [0.5, 0.6) is 0 Å². The lowest BCUT2D eigenvalue weighted by Gasteiger charge is -2.22. The van der Waals surface area contributed by atoms with Crippen molar-refractivity contribution >= 4 is 126 Å². The Morgan fingerprint density at radius 3 is 1.70 bits per heavy atom. The minimum Gasteiger partial charge on any atom is -0.455 e. The summed E-state index contributed by atoms with van der Waals surface area (Å²) in [6, 6.07) is 74.0. The summed E-state index contributed by atoms with van der Waals surface area (Å²) in [6.07, 6.45) is 3.01. The van der Waals surface area contributed by atoms with Crippen LogP contribution in [0.25, 0.3) is 120 Å². The molecule has 3 aromatic heterocycles. The van der Waals surface area contributed by atoms with Crippen LogP contribution in [0.1, 0.15) is 30.0 Å². The van der Waals surface area contributed by atoms with Gasteiger partial charge in [-0.25, -0.2) is 9.98 Å². The highest BCUT2D eigenvalue weighted by Crippen LogP contribution is 2.43. The van der Waals surface area contributed by atoms with Crippen LogP contribution in [-0.2, 0) is 0 Å². The number of amidine groups is 1. The summed E-state index contributed by atoms with van der Waals surface area (Å²) in [4.78, 5) is 11.5. The van der Waals surface area contributed by atoms with Gasteiger partial charge in [-0.15, -0.1) is 0 Å². The van der Waals surface area contributed by atoms with E-state index in [4.69, 9.17) is 18.8 Å². The smallest absolute Gasteiger partial charge is 0.163 e. The Kier molecular flexibility index (Phi) is 8.34. The highest BCUT2D eigenvalue weighted by Gasteiger charge is 2.27. The van der Waals surface area contributed by atoms with E-state index < -0.39 is 0 Å². The molecule has 4 heterocycles. The van der Waals surface area contributed by atoms with Gasteiger partial charge in [-0.3, -0.25) is 0 Å². The van der Waals surface area contributed by atoms with E-state index in [2.05, 4.69) is 212 Å². The number of aliphatic imine (C=N–C) groups is 2. The molecule has 1 atom stereocenters. The van der Waals surface area contributed by atoms with Crippen LogP contribution in [0.2, 0.25) is 0 Å². The number of furan rings is 2. The van der Waals surface area contributed by atoms with Crippen LogP contribution in [0.3, 0.4) is 0 Å². The zero-order valence-corrected chi connectivity index (χ0v) is 38.1. The maximum absolute atomic E-state index is 7.05. The van der Waals surface area contributed by atoms with E-state index in [1.165, 1.54) is 37.7 Å². The van der Waals surface area contributed by atoms with Gasteiger partial charge in [0.25, 0.3) is 0 Å². The number of hydrogen-bond donors (Lipinski definition) is 0. The van der Waals surface area contributed by atoms with Gasteiger partial charge in [0.05, 0.1) is 33.7 Å². The minimum absolute atomic E-state index is 0.0542. The van der Waals surface area contributed by atoms with Gasteiger partial charge in [-0.05, 0) is 98.7 Å². The van der Waals surface area contributed by atoms with Crippen LogP contribution in [0.4, 0.5) is 0 Å². The first-order valence-electron chi connectivity index (χ1n) is 24.1. The predicted octanol–water partition coefficient (Wildman–Crippen LogP) is 17.5. The molecule has 328 valence electrons. The fraction of sp³-hybridized carbons (Fsp3) is 0.0462. The summed E-state index contributed by atoms with van der Waals surface area (Å²) < 4.78 is 16.3. The van der Waals surface area contributed by atoms with Crippen molar-refractivity contribution in [2.24, 2.45) is 15.9 Å². The second kappa shape index (κ2) is 15.0. The van der Waals surface area contributed by atoms with E-state index in [1.54, 1.807) is 0 Å².